The second-order valence-electron chi connectivity index (χ2n) is 7.19. The highest BCUT2D eigenvalue weighted by molar-refractivity contribution is 6.30. The van der Waals surface area contributed by atoms with Crippen molar-refractivity contribution in [2.75, 3.05) is 18.6 Å². The maximum atomic E-state index is 12.4. The average Bonchev–Trinajstić information content (AvgIpc) is 2.86. The molecule has 0 spiro atoms. The van der Waals surface area contributed by atoms with Gasteiger partial charge in [0.05, 0.1) is 0 Å². The smallest absolute Gasteiger partial charge is 0.331 e. The Morgan fingerprint density at radius 1 is 1.14 bits per heavy atom. The lowest BCUT2D eigenvalue weighted by Gasteiger charge is -2.23. The van der Waals surface area contributed by atoms with Crippen LogP contribution >= 0.6 is 11.6 Å². The van der Waals surface area contributed by atoms with E-state index in [2.05, 4.69) is 19.9 Å². The van der Waals surface area contributed by atoms with Crippen LogP contribution in [0.25, 0.3) is 6.08 Å². The van der Waals surface area contributed by atoms with Crippen LogP contribution in [0.15, 0.2) is 66.4 Å². The van der Waals surface area contributed by atoms with Gasteiger partial charge in [0.2, 0.25) is 0 Å². The number of hydrogen-bond acceptors (Lipinski definition) is 4. The van der Waals surface area contributed by atoms with Gasteiger partial charge in [0.25, 0.3) is 0 Å². The van der Waals surface area contributed by atoms with Crippen molar-refractivity contribution in [2.24, 2.45) is 0 Å². The molecule has 1 heterocycles. The molecule has 144 valence electrons. The zero-order valence-corrected chi connectivity index (χ0v) is 16.9. The number of ketones is 1. The van der Waals surface area contributed by atoms with E-state index in [-0.39, 0.29) is 17.8 Å². The molecular formula is C23H22ClNO3. The van der Waals surface area contributed by atoms with Gasteiger partial charge in [-0.25, -0.2) is 4.79 Å². The summed E-state index contributed by atoms with van der Waals surface area (Å²) in [6, 6.07) is 15.2. The molecule has 0 amide bonds. The van der Waals surface area contributed by atoms with E-state index in [1.54, 1.807) is 30.4 Å². The first-order valence-electron chi connectivity index (χ1n) is 8.97. The first kappa shape index (κ1) is 19.9. The Hall–Kier alpha value is -2.85. The van der Waals surface area contributed by atoms with Gasteiger partial charge < -0.3 is 9.64 Å². The van der Waals surface area contributed by atoms with Crippen LogP contribution in [-0.2, 0) is 19.7 Å². The molecule has 0 radical (unpaired) electrons. The predicted molar refractivity (Wildman–Crippen MR) is 112 cm³/mol. The van der Waals surface area contributed by atoms with Gasteiger partial charge in [-0.05, 0) is 35.4 Å². The molecule has 0 saturated carbocycles. The predicted octanol–water partition coefficient (Wildman–Crippen LogP) is 4.78. The maximum Gasteiger partial charge on any atom is 0.331 e. The fourth-order valence-electron chi connectivity index (χ4n) is 3.42. The number of esters is 1. The first-order chi connectivity index (χ1) is 13.3. The fraction of sp³-hybridized carbons (Fsp3) is 0.217. The van der Waals surface area contributed by atoms with Crippen LogP contribution in [0.2, 0.25) is 5.02 Å². The Kier molecular flexibility index (Phi) is 5.71. The van der Waals surface area contributed by atoms with Crippen molar-refractivity contribution in [2.45, 2.75) is 19.3 Å². The number of hydrogen-bond donors (Lipinski definition) is 0. The molecule has 0 N–H and O–H groups in total. The molecule has 1 aliphatic heterocycles. The Balaban J connectivity index is 1.63. The normalized spacial score (nSPS) is 16.4. The minimum Gasteiger partial charge on any atom is -0.454 e. The van der Waals surface area contributed by atoms with Gasteiger partial charge in [-0.1, -0.05) is 55.8 Å². The van der Waals surface area contributed by atoms with Crippen LogP contribution in [0.1, 0.15) is 25.0 Å². The van der Waals surface area contributed by atoms with Gasteiger partial charge in [-0.2, -0.15) is 0 Å². The summed E-state index contributed by atoms with van der Waals surface area (Å²) < 4.78 is 5.08. The molecule has 2 aromatic rings. The molecule has 0 aromatic heterocycles. The number of ether oxygens (including phenoxy) is 1. The average molecular weight is 396 g/mol. The highest BCUT2D eigenvalue weighted by Gasteiger charge is 2.38. The number of likely N-dealkylation sites (N-methyl/N-ethyl adjacent to an activating group) is 1. The second kappa shape index (κ2) is 8.03. The lowest BCUT2D eigenvalue weighted by molar-refractivity contribution is -0.141. The lowest BCUT2D eigenvalue weighted by atomic mass is 9.83. The summed E-state index contributed by atoms with van der Waals surface area (Å²) in [5.74, 6) is -0.832. The number of para-hydroxylation sites is 1. The topological polar surface area (TPSA) is 46.6 Å². The summed E-state index contributed by atoms with van der Waals surface area (Å²) in [6.45, 7) is 3.85. The van der Waals surface area contributed by atoms with E-state index in [1.807, 2.05) is 36.2 Å². The molecular weight excluding hydrogens is 374 g/mol. The molecule has 4 nitrogen and oxygen atoms in total. The molecule has 2 aromatic carbocycles. The molecule has 0 aliphatic carbocycles. The molecule has 0 bridgehead atoms. The third kappa shape index (κ3) is 4.18. The molecule has 28 heavy (non-hydrogen) atoms. The number of carbonyl (C=O) groups is 2. The van der Waals surface area contributed by atoms with E-state index in [1.165, 1.54) is 6.08 Å². The number of halogens is 1. The highest BCUT2D eigenvalue weighted by atomic mass is 35.5. The van der Waals surface area contributed by atoms with Crippen LogP contribution < -0.4 is 4.90 Å². The summed E-state index contributed by atoms with van der Waals surface area (Å²) in [5, 5.41) is 0.585. The van der Waals surface area contributed by atoms with Gasteiger partial charge in [0.1, 0.15) is 0 Å². The molecule has 0 saturated heterocycles. The van der Waals surface area contributed by atoms with E-state index in [0.29, 0.717) is 5.02 Å². The monoisotopic (exact) mass is 395 g/mol. The van der Waals surface area contributed by atoms with Gasteiger partial charge in [-0.15, -0.1) is 0 Å². The third-order valence-electron chi connectivity index (χ3n) is 4.86. The van der Waals surface area contributed by atoms with Crippen molar-refractivity contribution in [3.8, 4) is 0 Å². The Bertz CT molecular complexity index is 975. The zero-order valence-electron chi connectivity index (χ0n) is 16.1. The quantitative estimate of drug-likeness (QED) is 0.540. The van der Waals surface area contributed by atoms with Crippen LogP contribution in [-0.4, -0.2) is 25.4 Å². The minimum atomic E-state index is -0.575. The Morgan fingerprint density at radius 3 is 2.61 bits per heavy atom. The summed E-state index contributed by atoms with van der Waals surface area (Å²) in [4.78, 5) is 26.3. The van der Waals surface area contributed by atoms with Crippen LogP contribution in [0.4, 0.5) is 5.69 Å². The first-order valence-corrected chi connectivity index (χ1v) is 9.35. The van der Waals surface area contributed by atoms with Crippen molar-refractivity contribution in [3.05, 3.63) is 82.5 Å². The molecule has 3 rings (SSSR count). The van der Waals surface area contributed by atoms with Crippen molar-refractivity contribution in [3.63, 3.8) is 0 Å². The van der Waals surface area contributed by atoms with E-state index < -0.39 is 5.97 Å². The third-order valence-corrected chi connectivity index (χ3v) is 5.09. The fourth-order valence-corrected chi connectivity index (χ4v) is 3.62. The van der Waals surface area contributed by atoms with E-state index in [0.717, 1.165) is 22.5 Å². The number of benzene rings is 2. The number of anilines is 1. The maximum absolute atomic E-state index is 12.4. The van der Waals surface area contributed by atoms with Gasteiger partial charge in [0.15, 0.2) is 12.4 Å². The number of carbonyl (C=O) groups excluding carboxylic acids is 2. The number of rotatable bonds is 5. The van der Waals surface area contributed by atoms with Crippen molar-refractivity contribution >= 4 is 35.1 Å². The summed E-state index contributed by atoms with van der Waals surface area (Å²) in [6.07, 6.45) is 4.45. The van der Waals surface area contributed by atoms with Crippen LogP contribution in [0.3, 0.4) is 0 Å². The van der Waals surface area contributed by atoms with Gasteiger partial charge in [0, 0.05) is 41.0 Å². The van der Waals surface area contributed by atoms with Crippen molar-refractivity contribution < 1.29 is 14.3 Å². The largest absolute Gasteiger partial charge is 0.454 e. The summed E-state index contributed by atoms with van der Waals surface area (Å²) >= 11 is 5.91. The van der Waals surface area contributed by atoms with Gasteiger partial charge in [-0.3, -0.25) is 4.79 Å². The van der Waals surface area contributed by atoms with E-state index >= 15 is 0 Å². The second-order valence-corrected chi connectivity index (χ2v) is 7.63. The molecule has 0 atom stereocenters. The zero-order chi connectivity index (χ0) is 20.3. The number of nitrogens with zero attached hydrogens (tertiary/aromatic N) is 1. The van der Waals surface area contributed by atoms with Gasteiger partial charge >= 0.3 is 5.97 Å². The SMILES string of the molecule is CN1C(=CC(=O)COC(=O)C=Cc2cccc(Cl)c2)C(C)(C)c2ccccc21. The molecule has 0 fully saturated rings. The molecule has 0 unspecified atom stereocenters. The Labute approximate surface area is 170 Å². The minimum absolute atomic E-state index is 0.257. The highest BCUT2D eigenvalue weighted by Crippen LogP contribution is 2.46. The summed E-state index contributed by atoms with van der Waals surface area (Å²) in [5.41, 5.74) is 3.61. The van der Waals surface area contributed by atoms with Crippen LogP contribution in [0.5, 0.6) is 0 Å². The molecule has 1 aliphatic rings. The number of fused-ring (bicyclic) bond motifs is 1. The number of allylic oxidation sites excluding steroid dienone is 1. The Morgan fingerprint density at radius 2 is 1.89 bits per heavy atom. The summed E-state index contributed by atoms with van der Waals surface area (Å²) in [7, 11) is 1.94. The van der Waals surface area contributed by atoms with E-state index in [9.17, 15) is 9.59 Å². The van der Waals surface area contributed by atoms with E-state index in [4.69, 9.17) is 16.3 Å². The van der Waals surface area contributed by atoms with Crippen molar-refractivity contribution in [1.29, 1.82) is 0 Å². The van der Waals surface area contributed by atoms with Crippen LogP contribution in [0, 0.1) is 0 Å². The van der Waals surface area contributed by atoms with Crippen molar-refractivity contribution in [1.82, 2.24) is 0 Å². The molecule has 5 heteroatoms. The standard InChI is InChI=1S/C23H22ClNO3/c1-23(2)19-9-4-5-10-20(19)25(3)21(23)14-18(26)15-28-22(27)12-11-16-7-6-8-17(24)13-16/h4-14H,15H2,1-3H3. The lowest BCUT2D eigenvalue weighted by Crippen LogP contribution is -2.25.